The first-order valence-electron chi connectivity index (χ1n) is 8.45. The van der Waals surface area contributed by atoms with E-state index in [-0.39, 0.29) is 11.3 Å². The van der Waals surface area contributed by atoms with E-state index in [2.05, 4.69) is 0 Å². The Kier molecular flexibility index (Phi) is 5.42. The van der Waals surface area contributed by atoms with Crippen molar-refractivity contribution in [2.45, 2.75) is 18.8 Å². The highest BCUT2D eigenvalue weighted by Gasteiger charge is 2.87. The maximum absolute atomic E-state index is 12.4. The second-order valence-corrected chi connectivity index (χ2v) is 6.98. The van der Waals surface area contributed by atoms with Crippen molar-refractivity contribution >= 4 is 35.8 Å². The number of hydrogen-bond acceptors (Lipinski definition) is 7. The number of rotatable bonds is 7. The van der Waals surface area contributed by atoms with Gasteiger partial charge in [0.15, 0.2) is 10.8 Å². The molecule has 13 heteroatoms. The molecule has 1 aliphatic rings. The minimum atomic E-state index is -4.36. The van der Waals surface area contributed by atoms with Crippen LogP contribution >= 0.6 is 0 Å². The molecule has 0 aliphatic heterocycles. The number of aromatic hydroxyl groups is 1. The molecule has 0 amide bonds. The number of aliphatic carboxylic acids is 6. The Hall–Kier alpha value is -4.16. The summed E-state index contributed by atoms with van der Waals surface area (Å²) < 4.78 is 0. The third kappa shape index (κ3) is 2.55. The van der Waals surface area contributed by atoms with Gasteiger partial charge in [-0.05, 0) is 30.5 Å². The number of carbonyl (C=O) groups is 6. The van der Waals surface area contributed by atoms with E-state index in [1.165, 1.54) is 0 Å². The lowest BCUT2D eigenvalue weighted by molar-refractivity contribution is -0.227. The van der Waals surface area contributed by atoms with Crippen molar-refractivity contribution in [2.75, 3.05) is 0 Å². The van der Waals surface area contributed by atoms with Crippen molar-refractivity contribution in [3.63, 3.8) is 0 Å². The molecular weight excluding hydrogens is 424 g/mol. The highest BCUT2D eigenvalue weighted by atomic mass is 16.4. The van der Waals surface area contributed by atoms with Crippen molar-refractivity contribution in [3.8, 4) is 5.75 Å². The third-order valence-electron chi connectivity index (χ3n) is 5.90. The van der Waals surface area contributed by atoms with Crippen LogP contribution in [0.1, 0.15) is 24.3 Å². The molecule has 0 bridgehead atoms. The summed E-state index contributed by atoms with van der Waals surface area (Å²) in [6.45, 7) is 0. The number of carboxylic acids is 6. The van der Waals surface area contributed by atoms with Gasteiger partial charge in [0.2, 0.25) is 5.41 Å². The van der Waals surface area contributed by atoms with E-state index in [4.69, 9.17) is 0 Å². The molecule has 166 valence electrons. The van der Waals surface area contributed by atoms with Gasteiger partial charge in [-0.1, -0.05) is 12.1 Å². The zero-order chi connectivity index (χ0) is 23.9. The maximum Gasteiger partial charge on any atom is 0.324 e. The van der Waals surface area contributed by atoms with Crippen molar-refractivity contribution < 1.29 is 64.5 Å². The molecule has 2 rings (SSSR count). The fraction of sp³-hybridized carbons (Fsp3) is 0.333. The minimum absolute atomic E-state index is 0.251. The number of benzene rings is 1. The van der Waals surface area contributed by atoms with Crippen LogP contribution in [0.5, 0.6) is 5.75 Å². The standard InChI is InChI=1S/C18H16O13/c19-8-3-1-7(2-4-8)9-5-6-16(10(20)21,11(22)23)18(14(28)29,15(30)31)17(9,12(24)25)13(26)27/h1-4,9,19H,5-6H2,(H,20,21)(H,22,23)(H,24,25)(H,26,27)(H,28,29)(H,30,31). The molecular formula is C18H16O13. The van der Waals surface area contributed by atoms with Crippen LogP contribution in [0, 0.1) is 16.2 Å². The van der Waals surface area contributed by atoms with Gasteiger partial charge in [-0.25, -0.2) is 0 Å². The van der Waals surface area contributed by atoms with E-state index >= 15 is 0 Å². The Morgan fingerprint density at radius 1 is 0.677 bits per heavy atom. The second kappa shape index (κ2) is 7.27. The summed E-state index contributed by atoms with van der Waals surface area (Å²) in [4.78, 5) is 73.5. The lowest BCUT2D eigenvalue weighted by Crippen LogP contribution is -2.75. The monoisotopic (exact) mass is 440 g/mol. The Balaban J connectivity index is 3.19. The molecule has 1 fully saturated rings. The molecule has 1 aromatic carbocycles. The molecule has 0 spiro atoms. The predicted octanol–water partition coefficient (Wildman–Crippen LogP) is -0.264. The van der Waals surface area contributed by atoms with Crippen LogP contribution in [0.25, 0.3) is 0 Å². The molecule has 1 aliphatic carbocycles. The Morgan fingerprint density at radius 2 is 1.10 bits per heavy atom. The summed E-state index contributed by atoms with van der Waals surface area (Å²) in [6.07, 6.45) is -2.02. The van der Waals surface area contributed by atoms with Crippen LogP contribution in [0.4, 0.5) is 0 Å². The van der Waals surface area contributed by atoms with Gasteiger partial charge < -0.3 is 35.7 Å². The van der Waals surface area contributed by atoms with E-state index in [1.807, 2.05) is 0 Å². The second-order valence-electron chi connectivity index (χ2n) is 6.98. The smallest absolute Gasteiger partial charge is 0.324 e. The van der Waals surface area contributed by atoms with Gasteiger partial charge in [0.05, 0.1) is 0 Å². The molecule has 0 aromatic heterocycles. The van der Waals surface area contributed by atoms with E-state index in [9.17, 15) is 64.5 Å². The fourth-order valence-corrected chi connectivity index (χ4v) is 4.62. The molecule has 7 N–H and O–H groups in total. The molecule has 31 heavy (non-hydrogen) atoms. The van der Waals surface area contributed by atoms with Gasteiger partial charge >= 0.3 is 35.8 Å². The van der Waals surface area contributed by atoms with E-state index in [1.54, 1.807) is 0 Å². The molecule has 1 unspecified atom stereocenters. The number of carboxylic acid groups (broad SMARTS) is 6. The third-order valence-corrected chi connectivity index (χ3v) is 5.90. The lowest BCUT2D eigenvalue weighted by atomic mass is 9.40. The van der Waals surface area contributed by atoms with E-state index < -0.39 is 70.8 Å². The highest BCUT2D eigenvalue weighted by Crippen LogP contribution is 2.66. The van der Waals surface area contributed by atoms with Gasteiger partial charge in [0, 0.05) is 5.92 Å². The normalized spacial score (nSPS) is 20.8. The lowest BCUT2D eigenvalue weighted by Gasteiger charge is -2.53. The van der Waals surface area contributed by atoms with Gasteiger partial charge in [0.1, 0.15) is 5.75 Å². The van der Waals surface area contributed by atoms with Crippen LogP contribution < -0.4 is 0 Å². The van der Waals surface area contributed by atoms with Crippen molar-refractivity contribution in [1.29, 1.82) is 0 Å². The maximum atomic E-state index is 12.4. The largest absolute Gasteiger partial charge is 0.508 e. The average molecular weight is 440 g/mol. The molecule has 0 radical (unpaired) electrons. The van der Waals surface area contributed by atoms with Crippen LogP contribution in [0.3, 0.4) is 0 Å². The first kappa shape index (κ1) is 23.1. The summed E-state index contributed by atoms with van der Waals surface area (Å²) in [5.74, 6) is -18.0. The topological polar surface area (TPSA) is 244 Å². The number of phenolic OH excluding ortho intramolecular Hbond substituents is 1. The zero-order valence-corrected chi connectivity index (χ0v) is 15.4. The van der Waals surface area contributed by atoms with Crippen molar-refractivity contribution in [1.82, 2.24) is 0 Å². The summed E-state index contributed by atoms with van der Waals surface area (Å²) >= 11 is 0. The van der Waals surface area contributed by atoms with Crippen molar-refractivity contribution in [2.24, 2.45) is 16.2 Å². The van der Waals surface area contributed by atoms with E-state index in [0.717, 1.165) is 24.3 Å². The Labute approximate surface area is 171 Å². The summed E-state index contributed by atoms with van der Waals surface area (Å²) in [7, 11) is 0. The fourth-order valence-electron chi connectivity index (χ4n) is 4.62. The van der Waals surface area contributed by atoms with Crippen molar-refractivity contribution in [3.05, 3.63) is 29.8 Å². The molecule has 13 nitrogen and oxygen atoms in total. The summed E-state index contributed by atoms with van der Waals surface area (Å²) in [5, 5.41) is 68.3. The van der Waals surface area contributed by atoms with Crippen LogP contribution in [0.2, 0.25) is 0 Å². The zero-order valence-electron chi connectivity index (χ0n) is 15.4. The SMILES string of the molecule is O=C(O)C1(C(=O)O)CCC(c2ccc(O)cc2)C(C(=O)O)(C(=O)O)C1(C(=O)O)C(=O)O. The first-order chi connectivity index (χ1) is 14.3. The molecule has 1 aromatic rings. The molecule has 1 atom stereocenters. The highest BCUT2D eigenvalue weighted by molar-refractivity contribution is 6.21. The molecule has 0 heterocycles. The Morgan fingerprint density at radius 3 is 1.42 bits per heavy atom. The number of hydrogen-bond donors (Lipinski definition) is 7. The first-order valence-corrected chi connectivity index (χ1v) is 8.45. The molecule has 1 saturated carbocycles. The van der Waals surface area contributed by atoms with Crippen LogP contribution in [0.15, 0.2) is 24.3 Å². The summed E-state index contributed by atoms with van der Waals surface area (Å²) in [5.41, 5.74) is -12.4. The molecule has 0 saturated heterocycles. The van der Waals surface area contributed by atoms with Gasteiger partial charge in [-0.2, -0.15) is 0 Å². The predicted molar refractivity (Wildman–Crippen MR) is 93.2 cm³/mol. The quantitative estimate of drug-likeness (QED) is 0.270. The van der Waals surface area contributed by atoms with Gasteiger partial charge in [0.25, 0.3) is 0 Å². The van der Waals surface area contributed by atoms with Gasteiger partial charge in [-0.3, -0.25) is 28.8 Å². The van der Waals surface area contributed by atoms with Crippen LogP contribution in [-0.4, -0.2) is 71.6 Å². The minimum Gasteiger partial charge on any atom is -0.508 e. The van der Waals surface area contributed by atoms with E-state index in [0.29, 0.717) is 0 Å². The summed E-state index contributed by atoms with van der Waals surface area (Å²) in [6, 6.07) is 3.99. The Bertz CT molecular complexity index is 948. The van der Waals surface area contributed by atoms with Gasteiger partial charge in [-0.15, -0.1) is 0 Å². The number of phenols is 1. The average Bonchev–Trinajstić information content (AvgIpc) is 2.65. The van der Waals surface area contributed by atoms with Crippen LogP contribution in [-0.2, 0) is 28.8 Å².